The summed E-state index contributed by atoms with van der Waals surface area (Å²) in [7, 11) is 3.37. The SMILES string of the molecule is COCCCOCCn1cnc(CNCCOC)n1. The van der Waals surface area contributed by atoms with Gasteiger partial charge in [0.1, 0.15) is 6.33 Å². The molecule has 7 nitrogen and oxygen atoms in total. The molecule has 1 rings (SSSR count). The zero-order chi connectivity index (χ0) is 13.8. The number of nitrogens with zero attached hydrogens (tertiary/aromatic N) is 3. The lowest BCUT2D eigenvalue weighted by molar-refractivity contribution is 0.0960. The largest absolute Gasteiger partial charge is 0.385 e. The van der Waals surface area contributed by atoms with Gasteiger partial charge in [0.15, 0.2) is 5.82 Å². The van der Waals surface area contributed by atoms with Crippen LogP contribution in [0.1, 0.15) is 12.2 Å². The van der Waals surface area contributed by atoms with E-state index in [1.807, 2.05) is 0 Å². The summed E-state index contributed by atoms with van der Waals surface area (Å²) < 4.78 is 17.1. The Morgan fingerprint density at radius 2 is 2.00 bits per heavy atom. The molecule has 0 saturated carbocycles. The molecule has 1 aromatic rings. The summed E-state index contributed by atoms with van der Waals surface area (Å²) in [6.45, 7) is 4.96. The van der Waals surface area contributed by atoms with Crippen molar-refractivity contribution in [1.29, 1.82) is 0 Å². The standard InChI is InChI=1S/C12H24N4O3/c1-17-6-3-7-19-9-5-16-11-14-12(15-16)10-13-4-8-18-2/h11,13H,3-10H2,1-2H3. The predicted octanol–water partition coefficient (Wildman–Crippen LogP) is 0.0672. The van der Waals surface area contributed by atoms with Crippen molar-refractivity contribution in [1.82, 2.24) is 20.1 Å². The van der Waals surface area contributed by atoms with Crippen LogP contribution in [0.15, 0.2) is 6.33 Å². The number of hydrogen-bond donors (Lipinski definition) is 1. The van der Waals surface area contributed by atoms with Crippen LogP contribution in [-0.2, 0) is 27.3 Å². The van der Waals surface area contributed by atoms with Gasteiger partial charge in [0.25, 0.3) is 0 Å². The molecular formula is C12H24N4O3. The van der Waals surface area contributed by atoms with Crippen LogP contribution in [-0.4, -0.2) is 62.0 Å². The Balaban J connectivity index is 2.06. The summed E-state index contributed by atoms with van der Waals surface area (Å²) in [6, 6.07) is 0. The van der Waals surface area contributed by atoms with Gasteiger partial charge < -0.3 is 19.5 Å². The van der Waals surface area contributed by atoms with Gasteiger partial charge in [-0.05, 0) is 6.42 Å². The number of ether oxygens (including phenoxy) is 3. The molecule has 0 aliphatic rings. The first-order valence-electron chi connectivity index (χ1n) is 6.51. The zero-order valence-corrected chi connectivity index (χ0v) is 11.8. The van der Waals surface area contributed by atoms with Gasteiger partial charge in [-0.25, -0.2) is 4.98 Å². The smallest absolute Gasteiger partial charge is 0.164 e. The fourth-order valence-corrected chi connectivity index (χ4v) is 1.46. The third-order valence-electron chi connectivity index (χ3n) is 2.45. The van der Waals surface area contributed by atoms with E-state index in [-0.39, 0.29) is 0 Å². The first-order chi connectivity index (χ1) is 9.36. The molecular weight excluding hydrogens is 248 g/mol. The van der Waals surface area contributed by atoms with E-state index in [9.17, 15) is 0 Å². The Morgan fingerprint density at radius 1 is 1.16 bits per heavy atom. The number of aromatic nitrogens is 3. The van der Waals surface area contributed by atoms with Crippen molar-refractivity contribution in [2.75, 3.05) is 47.2 Å². The molecule has 1 aromatic heterocycles. The van der Waals surface area contributed by atoms with Crippen LogP contribution < -0.4 is 5.32 Å². The minimum atomic E-state index is 0.642. The summed E-state index contributed by atoms with van der Waals surface area (Å²) in [4.78, 5) is 4.22. The normalized spacial score (nSPS) is 11.1. The van der Waals surface area contributed by atoms with Crippen LogP contribution in [0.3, 0.4) is 0 Å². The molecule has 19 heavy (non-hydrogen) atoms. The van der Waals surface area contributed by atoms with Crippen LogP contribution in [0.5, 0.6) is 0 Å². The first kappa shape index (κ1) is 16.0. The molecule has 0 saturated heterocycles. The lowest BCUT2D eigenvalue weighted by Crippen LogP contribution is -2.19. The highest BCUT2D eigenvalue weighted by Gasteiger charge is 2.00. The maximum absolute atomic E-state index is 5.46. The van der Waals surface area contributed by atoms with E-state index in [0.29, 0.717) is 26.4 Å². The Morgan fingerprint density at radius 3 is 2.79 bits per heavy atom. The lowest BCUT2D eigenvalue weighted by Gasteiger charge is -2.03. The Labute approximate surface area is 114 Å². The van der Waals surface area contributed by atoms with E-state index >= 15 is 0 Å². The minimum Gasteiger partial charge on any atom is -0.385 e. The molecule has 110 valence electrons. The van der Waals surface area contributed by atoms with Crippen LogP contribution in [0.25, 0.3) is 0 Å². The molecule has 0 unspecified atom stereocenters. The van der Waals surface area contributed by atoms with Crippen molar-refractivity contribution in [3.63, 3.8) is 0 Å². The molecule has 0 fully saturated rings. The van der Waals surface area contributed by atoms with Crippen molar-refractivity contribution in [2.24, 2.45) is 0 Å². The fourth-order valence-electron chi connectivity index (χ4n) is 1.46. The molecule has 0 radical (unpaired) electrons. The molecule has 0 spiro atoms. The molecule has 0 atom stereocenters. The molecule has 0 amide bonds. The average molecular weight is 272 g/mol. The summed E-state index contributed by atoms with van der Waals surface area (Å²) in [5, 5.41) is 7.54. The van der Waals surface area contributed by atoms with Crippen molar-refractivity contribution in [3.8, 4) is 0 Å². The van der Waals surface area contributed by atoms with Gasteiger partial charge in [-0.2, -0.15) is 5.10 Å². The van der Waals surface area contributed by atoms with Crippen LogP contribution in [0.4, 0.5) is 0 Å². The molecule has 0 aromatic carbocycles. The summed E-state index contributed by atoms with van der Waals surface area (Å²) in [5.41, 5.74) is 0. The number of nitrogens with one attached hydrogen (secondary N) is 1. The average Bonchev–Trinajstić information content (AvgIpc) is 2.87. The lowest BCUT2D eigenvalue weighted by atomic mass is 10.5. The highest BCUT2D eigenvalue weighted by atomic mass is 16.5. The third kappa shape index (κ3) is 7.89. The maximum Gasteiger partial charge on any atom is 0.164 e. The first-order valence-corrected chi connectivity index (χ1v) is 6.51. The molecule has 1 heterocycles. The molecule has 7 heteroatoms. The molecule has 0 aliphatic heterocycles. The fraction of sp³-hybridized carbons (Fsp3) is 0.833. The van der Waals surface area contributed by atoms with Crippen molar-refractivity contribution < 1.29 is 14.2 Å². The number of rotatable bonds is 12. The van der Waals surface area contributed by atoms with Gasteiger partial charge in [-0.3, -0.25) is 4.68 Å². The highest BCUT2D eigenvalue weighted by molar-refractivity contribution is 4.80. The summed E-state index contributed by atoms with van der Waals surface area (Å²) >= 11 is 0. The van der Waals surface area contributed by atoms with Crippen molar-refractivity contribution in [3.05, 3.63) is 12.2 Å². The quantitative estimate of drug-likeness (QED) is 0.543. The Bertz CT molecular complexity index is 320. The topological polar surface area (TPSA) is 70.4 Å². The summed E-state index contributed by atoms with van der Waals surface area (Å²) in [5.74, 6) is 0.787. The van der Waals surface area contributed by atoms with Crippen molar-refractivity contribution in [2.45, 2.75) is 19.5 Å². The van der Waals surface area contributed by atoms with Gasteiger partial charge in [-0.15, -0.1) is 0 Å². The van der Waals surface area contributed by atoms with E-state index < -0.39 is 0 Å². The van der Waals surface area contributed by atoms with Gasteiger partial charge in [0.2, 0.25) is 0 Å². The van der Waals surface area contributed by atoms with Gasteiger partial charge in [-0.1, -0.05) is 0 Å². The minimum absolute atomic E-state index is 0.642. The van der Waals surface area contributed by atoms with Gasteiger partial charge in [0, 0.05) is 34.0 Å². The van der Waals surface area contributed by atoms with Gasteiger partial charge >= 0.3 is 0 Å². The second-order valence-corrected chi connectivity index (χ2v) is 4.05. The van der Waals surface area contributed by atoms with E-state index in [4.69, 9.17) is 14.2 Å². The maximum atomic E-state index is 5.46. The predicted molar refractivity (Wildman–Crippen MR) is 70.9 cm³/mol. The highest BCUT2D eigenvalue weighted by Crippen LogP contribution is 1.91. The van der Waals surface area contributed by atoms with Crippen molar-refractivity contribution >= 4 is 0 Å². The Hall–Kier alpha value is -1.02. The third-order valence-corrected chi connectivity index (χ3v) is 2.45. The van der Waals surface area contributed by atoms with E-state index in [2.05, 4.69) is 15.4 Å². The van der Waals surface area contributed by atoms with Crippen LogP contribution >= 0.6 is 0 Å². The van der Waals surface area contributed by atoms with E-state index in [1.165, 1.54) is 0 Å². The monoisotopic (exact) mass is 272 g/mol. The second kappa shape index (κ2) is 10.9. The second-order valence-electron chi connectivity index (χ2n) is 4.05. The molecule has 1 N–H and O–H groups in total. The number of methoxy groups -OCH3 is 2. The van der Waals surface area contributed by atoms with E-state index in [0.717, 1.165) is 31.9 Å². The van der Waals surface area contributed by atoms with E-state index in [1.54, 1.807) is 25.2 Å². The van der Waals surface area contributed by atoms with Gasteiger partial charge in [0.05, 0.1) is 26.3 Å². The molecule has 0 aliphatic carbocycles. The van der Waals surface area contributed by atoms with Crippen LogP contribution in [0.2, 0.25) is 0 Å². The summed E-state index contributed by atoms with van der Waals surface area (Å²) in [6.07, 6.45) is 2.65. The molecule has 0 bridgehead atoms. The number of hydrogen-bond acceptors (Lipinski definition) is 6. The Kier molecular flexibility index (Phi) is 9.17. The van der Waals surface area contributed by atoms with Crippen LogP contribution in [0, 0.1) is 0 Å². The zero-order valence-electron chi connectivity index (χ0n) is 11.8.